The zero-order valence-electron chi connectivity index (χ0n) is 22.8. The van der Waals surface area contributed by atoms with Crippen LogP contribution in [0.15, 0.2) is 30.7 Å². The molecule has 0 unspecified atom stereocenters. The number of nitrogens with one attached hydrogen (secondary N) is 2. The molecule has 4 heterocycles. The first kappa shape index (κ1) is 27.2. The molecular weight excluding hydrogens is 514 g/mol. The van der Waals surface area contributed by atoms with Gasteiger partial charge >= 0.3 is 0 Å². The quantitative estimate of drug-likeness (QED) is 0.412. The predicted octanol–water partition coefficient (Wildman–Crippen LogP) is 3.02. The molecule has 0 amide bonds. The van der Waals surface area contributed by atoms with E-state index in [4.69, 9.17) is 4.98 Å². The summed E-state index contributed by atoms with van der Waals surface area (Å²) in [6, 6.07) is 6.25. The van der Waals surface area contributed by atoms with E-state index in [0.29, 0.717) is 55.2 Å². The molecule has 0 bridgehead atoms. The third-order valence-corrected chi connectivity index (χ3v) is 9.01. The molecule has 1 saturated carbocycles. The van der Waals surface area contributed by atoms with Gasteiger partial charge in [-0.1, -0.05) is 0 Å². The van der Waals surface area contributed by atoms with E-state index >= 15 is 0 Å². The molecule has 12 heteroatoms. The van der Waals surface area contributed by atoms with Gasteiger partial charge in [0.15, 0.2) is 0 Å². The van der Waals surface area contributed by atoms with E-state index in [-0.39, 0.29) is 11.6 Å². The second-order valence-electron chi connectivity index (χ2n) is 11.1. The zero-order valence-corrected chi connectivity index (χ0v) is 23.7. The van der Waals surface area contributed by atoms with Crippen molar-refractivity contribution in [1.82, 2.24) is 34.4 Å². The summed E-state index contributed by atoms with van der Waals surface area (Å²) in [5.74, 6) is 1.14. The fourth-order valence-electron chi connectivity index (χ4n) is 5.06. The van der Waals surface area contributed by atoms with Crippen molar-refractivity contribution in [2.75, 3.05) is 24.7 Å². The van der Waals surface area contributed by atoms with Crippen molar-refractivity contribution in [2.24, 2.45) is 5.92 Å². The molecule has 1 saturated heterocycles. The molecule has 2 N–H and O–H groups in total. The van der Waals surface area contributed by atoms with E-state index in [1.54, 1.807) is 10.9 Å². The van der Waals surface area contributed by atoms with Crippen molar-refractivity contribution < 1.29 is 8.42 Å². The standard InChI is InChI=1S/C27H35N9O2S/c1-18-24(8-7-23(32-18)16-30-27(2,3)21-5-6-21)36-17-20(15-31-36)25-19(13-28)14-29-26(34-25)33-22-9-11-35(12-10-22)39(4,37)38/h7-8,14-15,17,21-22,30H,5-6,9-12,16H2,1-4H3,(H,29,33,34). The Morgan fingerprint density at radius 1 is 1.13 bits per heavy atom. The molecule has 11 nitrogen and oxygen atoms in total. The van der Waals surface area contributed by atoms with Crippen molar-refractivity contribution in [3.8, 4) is 23.0 Å². The summed E-state index contributed by atoms with van der Waals surface area (Å²) in [4.78, 5) is 13.7. The Balaban J connectivity index is 1.30. The molecular formula is C27H35N9O2S. The predicted molar refractivity (Wildman–Crippen MR) is 149 cm³/mol. The molecule has 3 aromatic rings. The van der Waals surface area contributed by atoms with Crippen LogP contribution in [0.25, 0.3) is 16.9 Å². The van der Waals surface area contributed by atoms with Crippen LogP contribution in [-0.2, 0) is 16.6 Å². The van der Waals surface area contributed by atoms with Gasteiger partial charge in [0, 0.05) is 43.0 Å². The third-order valence-electron chi connectivity index (χ3n) is 7.71. The van der Waals surface area contributed by atoms with Gasteiger partial charge in [-0.15, -0.1) is 0 Å². The fraction of sp³-hybridized carbons (Fsp3) is 0.519. The van der Waals surface area contributed by atoms with E-state index in [9.17, 15) is 13.7 Å². The van der Waals surface area contributed by atoms with Crippen LogP contribution in [0, 0.1) is 24.2 Å². The molecule has 0 spiro atoms. The molecule has 1 aliphatic carbocycles. The second-order valence-corrected chi connectivity index (χ2v) is 13.1. The van der Waals surface area contributed by atoms with Gasteiger partial charge in [0.25, 0.3) is 0 Å². The van der Waals surface area contributed by atoms with Crippen molar-refractivity contribution in [3.63, 3.8) is 0 Å². The van der Waals surface area contributed by atoms with Gasteiger partial charge in [0.1, 0.15) is 6.07 Å². The van der Waals surface area contributed by atoms with E-state index in [1.165, 1.54) is 29.6 Å². The fourth-order valence-corrected chi connectivity index (χ4v) is 5.93. The molecule has 0 radical (unpaired) electrons. The average molecular weight is 550 g/mol. The molecule has 5 rings (SSSR count). The molecule has 206 valence electrons. The Bertz CT molecular complexity index is 1500. The summed E-state index contributed by atoms with van der Waals surface area (Å²) in [6.07, 6.45) is 10.1. The van der Waals surface area contributed by atoms with Crippen molar-refractivity contribution in [1.29, 1.82) is 5.26 Å². The van der Waals surface area contributed by atoms with Crippen LogP contribution in [0.5, 0.6) is 0 Å². The van der Waals surface area contributed by atoms with Gasteiger partial charge in [-0.2, -0.15) is 10.4 Å². The van der Waals surface area contributed by atoms with Crippen LogP contribution in [0.1, 0.15) is 56.5 Å². The van der Waals surface area contributed by atoms with Gasteiger partial charge in [-0.05, 0) is 64.5 Å². The third kappa shape index (κ3) is 6.27. The first-order valence-electron chi connectivity index (χ1n) is 13.3. The van der Waals surface area contributed by atoms with E-state index < -0.39 is 10.0 Å². The summed E-state index contributed by atoms with van der Waals surface area (Å²) in [6.45, 7) is 8.09. The lowest BCUT2D eigenvalue weighted by molar-refractivity contribution is 0.331. The number of piperidine rings is 1. The molecule has 1 aliphatic heterocycles. The normalized spacial score (nSPS) is 17.2. The highest BCUT2D eigenvalue weighted by atomic mass is 32.2. The van der Waals surface area contributed by atoms with Crippen LogP contribution < -0.4 is 10.6 Å². The summed E-state index contributed by atoms with van der Waals surface area (Å²) < 4.78 is 26.8. The molecule has 2 aliphatic rings. The maximum Gasteiger partial charge on any atom is 0.223 e. The Morgan fingerprint density at radius 3 is 2.51 bits per heavy atom. The van der Waals surface area contributed by atoms with Gasteiger partial charge < -0.3 is 10.6 Å². The van der Waals surface area contributed by atoms with Crippen molar-refractivity contribution in [3.05, 3.63) is 47.7 Å². The molecule has 0 aromatic carbocycles. The van der Waals surface area contributed by atoms with Crippen LogP contribution in [0.3, 0.4) is 0 Å². The maximum absolute atomic E-state index is 11.8. The van der Waals surface area contributed by atoms with Crippen LogP contribution >= 0.6 is 0 Å². The number of sulfonamides is 1. The lowest BCUT2D eigenvalue weighted by Gasteiger charge is -2.30. The zero-order chi connectivity index (χ0) is 27.8. The highest BCUT2D eigenvalue weighted by molar-refractivity contribution is 7.88. The first-order valence-corrected chi connectivity index (χ1v) is 15.1. The largest absolute Gasteiger partial charge is 0.351 e. The number of hydrogen-bond acceptors (Lipinski definition) is 9. The highest BCUT2D eigenvalue weighted by Gasteiger charge is 2.37. The van der Waals surface area contributed by atoms with Crippen molar-refractivity contribution in [2.45, 2.75) is 64.6 Å². The number of anilines is 1. The van der Waals surface area contributed by atoms with Crippen molar-refractivity contribution >= 4 is 16.0 Å². The summed E-state index contributed by atoms with van der Waals surface area (Å²) >= 11 is 0. The summed E-state index contributed by atoms with van der Waals surface area (Å²) in [7, 11) is -3.19. The van der Waals surface area contributed by atoms with Crippen LogP contribution in [-0.4, -0.2) is 68.4 Å². The summed E-state index contributed by atoms with van der Waals surface area (Å²) in [5.41, 5.74) is 4.35. The van der Waals surface area contributed by atoms with Gasteiger partial charge in [0.05, 0.1) is 47.0 Å². The van der Waals surface area contributed by atoms with E-state index in [2.05, 4.69) is 45.6 Å². The minimum Gasteiger partial charge on any atom is -0.351 e. The van der Waals surface area contributed by atoms with E-state index in [1.807, 2.05) is 25.3 Å². The number of aromatic nitrogens is 5. The number of nitrogens with zero attached hydrogens (tertiary/aromatic N) is 7. The number of pyridine rings is 1. The van der Waals surface area contributed by atoms with Gasteiger partial charge in [0.2, 0.25) is 16.0 Å². The highest BCUT2D eigenvalue weighted by Crippen LogP contribution is 2.39. The number of aryl methyl sites for hydroxylation is 1. The second kappa shape index (κ2) is 10.6. The Labute approximate surface area is 229 Å². The molecule has 2 fully saturated rings. The Morgan fingerprint density at radius 2 is 1.87 bits per heavy atom. The minimum atomic E-state index is -3.19. The lowest BCUT2D eigenvalue weighted by Crippen LogP contribution is -2.42. The smallest absolute Gasteiger partial charge is 0.223 e. The molecule has 0 atom stereocenters. The topological polar surface area (TPSA) is 142 Å². The Kier molecular flexibility index (Phi) is 7.41. The van der Waals surface area contributed by atoms with Gasteiger partial charge in [-0.25, -0.2) is 27.4 Å². The lowest BCUT2D eigenvalue weighted by atomic mass is 9.99. The monoisotopic (exact) mass is 549 g/mol. The Hall–Kier alpha value is -3.40. The minimum absolute atomic E-state index is 0.0445. The number of hydrogen-bond donors (Lipinski definition) is 2. The number of nitriles is 1. The number of rotatable bonds is 9. The first-order chi connectivity index (χ1) is 18.5. The molecule has 3 aromatic heterocycles. The summed E-state index contributed by atoms with van der Waals surface area (Å²) in [5, 5.41) is 21.2. The van der Waals surface area contributed by atoms with Crippen LogP contribution in [0.2, 0.25) is 0 Å². The van der Waals surface area contributed by atoms with Crippen LogP contribution in [0.4, 0.5) is 5.95 Å². The van der Waals surface area contributed by atoms with Gasteiger partial charge in [-0.3, -0.25) is 4.98 Å². The van der Waals surface area contributed by atoms with E-state index in [0.717, 1.165) is 23.0 Å². The average Bonchev–Trinajstić information content (AvgIpc) is 3.66. The maximum atomic E-state index is 11.8. The molecule has 39 heavy (non-hydrogen) atoms. The SMILES string of the molecule is Cc1nc(CNC(C)(C)C2CC2)ccc1-n1cc(-c2nc(NC3CCN(S(C)(=O)=O)CC3)ncc2C#N)cn1.